The largest absolute Gasteiger partial charge is 0.352 e. The van der Waals surface area contributed by atoms with E-state index in [0.717, 1.165) is 12.8 Å². The van der Waals surface area contributed by atoms with E-state index in [-0.39, 0.29) is 11.9 Å². The molecule has 0 radical (unpaired) electrons. The number of amides is 1. The lowest BCUT2D eigenvalue weighted by molar-refractivity contribution is -0.121. The molecule has 0 saturated carbocycles. The smallest absolute Gasteiger partial charge is 0.234 e. The molecule has 0 aliphatic carbocycles. The molecule has 1 rings (SSSR count). The Balaban J connectivity index is 2.34. The second kappa shape index (κ2) is 7.88. The molecule has 3 heteroatoms. The number of hydrogen-bond acceptors (Lipinski definition) is 2. The van der Waals surface area contributed by atoms with Crippen LogP contribution < -0.4 is 10.6 Å². The van der Waals surface area contributed by atoms with Crippen molar-refractivity contribution in [3.63, 3.8) is 0 Å². The number of hydrogen-bond donors (Lipinski definition) is 2. The van der Waals surface area contributed by atoms with Crippen molar-refractivity contribution in [2.24, 2.45) is 0 Å². The zero-order chi connectivity index (χ0) is 13.4. The zero-order valence-corrected chi connectivity index (χ0v) is 11.6. The molecule has 3 nitrogen and oxygen atoms in total. The van der Waals surface area contributed by atoms with Gasteiger partial charge in [-0.25, -0.2) is 0 Å². The van der Waals surface area contributed by atoms with Crippen LogP contribution in [0.4, 0.5) is 0 Å². The van der Waals surface area contributed by atoms with Crippen LogP contribution in [0.2, 0.25) is 0 Å². The van der Waals surface area contributed by atoms with Crippen LogP contribution in [0.15, 0.2) is 30.3 Å². The van der Waals surface area contributed by atoms with Crippen LogP contribution in [0.3, 0.4) is 0 Å². The van der Waals surface area contributed by atoms with E-state index in [0.29, 0.717) is 12.6 Å². The summed E-state index contributed by atoms with van der Waals surface area (Å²) in [6.45, 7) is 6.62. The minimum absolute atomic E-state index is 0.0754. The van der Waals surface area contributed by atoms with Crippen molar-refractivity contribution in [3.05, 3.63) is 35.9 Å². The van der Waals surface area contributed by atoms with Gasteiger partial charge in [0.15, 0.2) is 0 Å². The molecule has 0 unspecified atom stereocenters. The summed E-state index contributed by atoms with van der Waals surface area (Å²) >= 11 is 0. The minimum Gasteiger partial charge on any atom is -0.352 e. The summed E-state index contributed by atoms with van der Waals surface area (Å²) in [4.78, 5) is 11.7. The second-order valence-corrected chi connectivity index (χ2v) is 4.59. The average Bonchev–Trinajstić information content (AvgIpc) is 2.43. The van der Waals surface area contributed by atoms with Gasteiger partial charge in [0, 0.05) is 12.1 Å². The summed E-state index contributed by atoms with van der Waals surface area (Å²) in [5.74, 6) is 0.0754. The van der Waals surface area contributed by atoms with Crippen LogP contribution in [0.1, 0.15) is 45.2 Å². The highest BCUT2D eigenvalue weighted by atomic mass is 16.1. The summed E-state index contributed by atoms with van der Waals surface area (Å²) in [6, 6.07) is 10.6. The Hall–Kier alpha value is -1.35. The van der Waals surface area contributed by atoms with E-state index in [2.05, 4.69) is 43.5 Å². The van der Waals surface area contributed by atoms with Gasteiger partial charge in [-0.1, -0.05) is 44.2 Å². The van der Waals surface area contributed by atoms with Gasteiger partial charge < -0.3 is 10.6 Å². The van der Waals surface area contributed by atoms with Crippen molar-refractivity contribution < 1.29 is 4.79 Å². The molecule has 0 saturated heterocycles. The second-order valence-electron chi connectivity index (χ2n) is 4.59. The number of carbonyl (C=O) groups is 1. The fraction of sp³-hybridized carbons (Fsp3) is 0.533. The molecule has 18 heavy (non-hydrogen) atoms. The molecule has 0 aliphatic heterocycles. The molecule has 0 fully saturated rings. The monoisotopic (exact) mass is 248 g/mol. The minimum atomic E-state index is 0.0754. The van der Waals surface area contributed by atoms with Crippen molar-refractivity contribution in [3.8, 4) is 0 Å². The van der Waals surface area contributed by atoms with E-state index in [1.807, 2.05) is 18.2 Å². The number of benzene rings is 1. The van der Waals surface area contributed by atoms with Gasteiger partial charge in [0.1, 0.15) is 0 Å². The number of nitrogens with one attached hydrogen (secondary N) is 2. The molecule has 1 amide bonds. The zero-order valence-electron chi connectivity index (χ0n) is 11.6. The maximum absolute atomic E-state index is 11.7. The number of carbonyl (C=O) groups excluding carboxylic acids is 1. The fourth-order valence-electron chi connectivity index (χ4n) is 1.88. The molecule has 0 spiro atoms. The summed E-state index contributed by atoms with van der Waals surface area (Å²) in [6.07, 6.45) is 1.97. The van der Waals surface area contributed by atoms with E-state index < -0.39 is 0 Å². The lowest BCUT2D eigenvalue weighted by atomic mass is 10.1. The van der Waals surface area contributed by atoms with Crippen molar-refractivity contribution in [2.75, 3.05) is 6.54 Å². The van der Waals surface area contributed by atoms with Gasteiger partial charge in [0.05, 0.1) is 6.54 Å². The molecule has 0 aromatic heterocycles. The third kappa shape index (κ3) is 4.88. The van der Waals surface area contributed by atoms with Gasteiger partial charge in [-0.3, -0.25) is 4.79 Å². The van der Waals surface area contributed by atoms with Gasteiger partial charge in [0.2, 0.25) is 5.91 Å². The van der Waals surface area contributed by atoms with E-state index >= 15 is 0 Å². The first-order valence-electron chi connectivity index (χ1n) is 6.75. The highest BCUT2D eigenvalue weighted by Crippen LogP contribution is 2.10. The molecule has 0 heterocycles. The first kappa shape index (κ1) is 14.7. The van der Waals surface area contributed by atoms with Gasteiger partial charge >= 0.3 is 0 Å². The topological polar surface area (TPSA) is 41.1 Å². The third-order valence-electron chi connectivity index (χ3n) is 3.22. The predicted molar refractivity (Wildman–Crippen MR) is 75.4 cm³/mol. The van der Waals surface area contributed by atoms with Crippen LogP contribution in [-0.2, 0) is 4.79 Å². The average molecular weight is 248 g/mol. The Morgan fingerprint density at radius 2 is 1.78 bits per heavy atom. The summed E-state index contributed by atoms with van der Waals surface area (Å²) in [7, 11) is 0. The lowest BCUT2D eigenvalue weighted by Crippen LogP contribution is -2.40. The lowest BCUT2D eigenvalue weighted by Gasteiger charge is -2.17. The van der Waals surface area contributed by atoms with E-state index in [9.17, 15) is 4.79 Å². The Labute approximate surface area is 110 Å². The van der Waals surface area contributed by atoms with Crippen LogP contribution in [0.5, 0.6) is 0 Å². The highest BCUT2D eigenvalue weighted by molar-refractivity contribution is 5.78. The summed E-state index contributed by atoms with van der Waals surface area (Å²) in [5.41, 5.74) is 1.20. The van der Waals surface area contributed by atoms with Gasteiger partial charge in [-0.15, -0.1) is 0 Å². The molecule has 1 aromatic carbocycles. The SMILES string of the molecule is CCC(CC)NC(=O)CN[C@H](C)c1ccccc1. The van der Waals surface area contributed by atoms with E-state index in [1.165, 1.54) is 5.56 Å². The molecule has 1 aromatic rings. The van der Waals surface area contributed by atoms with Crippen molar-refractivity contribution in [1.82, 2.24) is 10.6 Å². The molecular formula is C15H24N2O. The van der Waals surface area contributed by atoms with Crippen molar-refractivity contribution in [2.45, 2.75) is 45.7 Å². The first-order valence-corrected chi connectivity index (χ1v) is 6.75. The van der Waals surface area contributed by atoms with Crippen molar-refractivity contribution in [1.29, 1.82) is 0 Å². The van der Waals surface area contributed by atoms with Crippen LogP contribution in [0, 0.1) is 0 Å². The van der Waals surface area contributed by atoms with Crippen LogP contribution >= 0.6 is 0 Å². The van der Waals surface area contributed by atoms with Gasteiger partial charge in [-0.05, 0) is 25.3 Å². The van der Waals surface area contributed by atoms with Crippen LogP contribution in [0.25, 0.3) is 0 Å². The molecule has 0 bridgehead atoms. The van der Waals surface area contributed by atoms with E-state index in [1.54, 1.807) is 0 Å². The predicted octanol–water partition coefficient (Wildman–Crippen LogP) is 2.64. The van der Waals surface area contributed by atoms with Gasteiger partial charge in [0.25, 0.3) is 0 Å². The van der Waals surface area contributed by atoms with Crippen molar-refractivity contribution >= 4 is 5.91 Å². The first-order chi connectivity index (χ1) is 8.67. The Morgan fingerprint density at radius 3 is 2.33 bits per heavy atom. The quantitative estimate of drug-likeness (QED) is 0.779. The maximum Gasteiger partial charge on any atom is 0.234 e. The molecule has 100 valence electrons. The van der Waals surface area contributed by atoms with Gasteiger partial charge in [-0.2, -0.15) is 0 Å². The normalized spacial score (nSPS) is 12.4. The fourth-order valence-corrected chi connectivity index (χ4v) is 1.88. The molecule has 0 aliphatic rings. The van der Waals surface area contributed by atoms with Crippen LogP contribution in [-0.4, -0.2) is 18.5 Å². The summed E-state index contributed by atoms with van der Waals surface area (Å²) in [5, 5.41) is 6.26. The molecular weight excluding hydrogens is 224 g/mol. The van der Waals surface area contributed by atoms with E-state index in [4.69, 9.17) is 0 Å². The number of rotatable bonds is 7. The standard InChI is InChI=1S/C15H24N2O/c1-4-14(5-2)17-15(18)11-16-12(3)13-9-7-6-8-10-13/h6-10,12,14,16H,4-5,11H2,1-3H3,(H,17,18)/t12-/m1/s1. The highest BCUT2D eigenvalue weighted by Gasteiger charge is 2.10. The molecule has 1 atom stereocenters. The summed E-state index contributed by atoms with van der Waals surface area (Å²) < 4.78 is 0. The third-order valence-corrected chi connectivity index (χ3v) is 3.22. The Bertz CT molecular complexity index is 347. The maximum atomic E-state index is 11.7. The Kier molecular flexibility index (Phi) is 6.44. The Morgan fingerprint density at radius 1 is 1.17 bits per heavy atom. The molecule has 2 N–H and O–H groups in total.